The van der Waals surface area contributed by atoms with Crippen molar-refractivity contribution in [2.45, 2.75) is 38.8 Å². The number of hydrogen-bond acceptors (Lipinski definition) is 4. The molecule has 3 heterocycles. The number of hydrogen-bond donors (Lipinski definition) is 1. The van der Waals surface area contributed by atoms with Crippen molar-refractivity contribution in [2.24, 2.45) is 7.05 Å². The van der Waals surface area contributed by atoms with Crippen molar-refractivity contribution in [3.05, 3.63) is 29.9 Å². The minimum atomic E-state index is 0.327. The zero-order chi connectivity index (χ0) is 13.2. The van der Waals surface area contributed by atoms with Crippen LogP contribution < -0.4 is 0 Å². The molecule has 0 amide bonds. The molecule has 1 aliphatic rings. The Morgan fingerprint density at radius 2 is 2.32 bits per heavy atom. The van der Waals surface area contributed by atoms with Gasteiger partial charge in [-0.15, -0.1) is 0 Å². The van der Waals surface area contributed by atoms with Gasteiger partial charge in [0.2, 0.25) is 0 Å². The third-order valence-electron chi connectivity index (χ3n) is 3.81. The number of H-pyrrole nitrogens is 1. The Hall–Kier alpha value is -1.69. The molecule has 6 nitrogen and oxygen atoms in total. The van der Waals surface area contributed by atoms with Crippen molar-refractivity contribution < 1.29 is 0 Å². The van der Waals surface area contributed by atoms with Gasteiger partial charge < -0.3 is 4.57 Å². The van der Waals surface area contributed by atoms with E-state index in [1.165, 1.54) is 18.5 Å². The average molecular weight is 260 g/mol. The topological polar surface area (TPSA) is 62.6 Å². The highest BCUT2D eigenvalue weighted by Gasteiger charge is 2.27. The summed E-state index contributed by atoms with van der Waals surface area (Å²) in [7, 11) is 2.04. The third-order valence-corrected chi connectivity index (χ3v) is 3.81. The molecular weight excluding hydrogens is 240 g/mol. The normalized spacial score (nSPS) is 20.8. The zero-order valence-corrected chi connectivity index (χ0v) is 11.5. The van der Waals surface area contributed by atoms with Crippen LogP contribution in [-0.4, -0.2) is 36.2 Å². The number of aromatic amines is 1. The van der Waals surface area contributed by atoms with E-state index in [4.69, 9.17) is 0 Å². The summed E-state index contributed by atoms with van der Waals surface area (Å²) in [5.74, 6) is 1.82. The first-order chi connectivity index (χ1) is 9.24. The van der Waals surface area contributed by atoms with Crippen LogP contribution in [0.3, 0.4) is 0 Å². The summed E-state index contributed by atoms with van der Waals surface area (Å²) in [5, 5.41) is 7.29. The van der Waals surface area contributed by atoms with Crippen molar-refractivity contribution in [3.63, 3.8) is 0 Å². The van der Waals surface area contributed by atoms with Crippen molar-refractivity contribution in [2.75, 3.05) is 6.54 Å². The summed E-state index contributed by atoms with van der Waals surface area (Å²) in [6, 6.07) is 0.327. The molecule has 1 atom stereocenters. The molecule has 19 heavy (non-hydrogen) atoms. The number of likely N-dealkylation sites (tertiary alicyclic amines) is 1. The molecule has 2 aromatic rings. The maximum absolute atomic E-state index is 4.51. The Morgan fingerprint density at radius 1 is 1.42 bits per heavy atom. The van der Waals surface area contributed by atoms with Gasteiger partial charge in [0.05, 0.1) is 18.1 Å². The monoisotopic (exact) mass is 260 g/mol. The van der Waals surface area contributed by atoms with Crippen LogP contribution in [0.1, 0.15) is 42.6 Å². The molecule has 0 bridgehead atoms. The lowest BCUT2D eigenvalue weighted by atomic mass is 10.0. The fourth-order valence-electron chi connectivity index (χ4n) is 2.73. The molecule has 1 saturated heterocycles. The Bertz CT molecular complexity index is 543. The molecule has 3 rings (SSSR count). The highest BCUT2D eigenvalue weighted by atomic mass is 15.3. The van der Waals surface area contributed by atoms with Gasteiger partial charge in [-0.05, 0) is 26.3 Å². The highest BCUT2D eigenvalue weighted by Crippen LogP contribution is 2.29. The largest absolute Gasteiger partial charge is 0.337 e. The first kappa shape index (κ1) is 12.3. The van der Waals surface area contributed by atoms with Crippen LogP contribution in [0.4, 0.5) is 0 Å². The van der Waals surface area contributed by atoms with E-state index in [2.05, 4.69) is 29.6 Å². The van der Waals surface area contributed by atoms with Crippen LogP contribution in [0.2, 0.25) is 0 Å². The lowest BCUT2D eigenvalue weighted by Gasteiger charge is -2.33. The van der Waals surface area contributed by atoms with Gasteiger partial charge in [-0.3, -0.25) is 10.00 Å². The summed E-state index contributed by atoms with van der Waals surface area (Å²) >= 11 is 0. The van der Waals surface area contributed by atoms with E-state index in [0.29, 0.717) is 6.04 Å². The van der Waals surface area contributed by atoms with Crippen LogP contribution in [0.25, 0.3) is 0 Å². The smallest absolute Gasteiger partial charge is 0.167 e. The number of nitrogens with one attached hydrogen (secondary N) is 1. The van der Waals surface area contributed by atoms with Gasteiger partial charge in [-0.1, -0.05) is 6.42 Å². The number of aryl methyl sites for hydroxylation is 2. The van der Waals surface area contributed by atoms with Gasteiger partial charge >= 0.3 is 0 Å². The molecule has 0 aromatic carbocycles. The quantitative estimate of drug-likeness (QED) is 0.910. The van der Waals surface area contributed by atoms with E-state index >= 15 is 0 Å². The summed E-state index contributed by atoms with van der Waals surface area (Å²) in [5.41, 5.74) is 1.24. The standard InChI is InChI=1S/C13H20N6/c1-10-15-13(17-16-10)12-5-3-4-6-19(12)8-11-7-14-9-18(11)2/h7,9,12H,3-6,8H2,1-2H3,(H,15,16,17). The Balaban J connectivity index is 1.79. The lowest BCUT2D eigenvalue weighted by molar-refractivity contribution is 0.131. The molecule has 2 aromatic heterocycles. The lowest BCUT2D eigenvalue weighted by Crippen LogP contribution is -2.34. The second-order valence-electron chi connectivity index (χ2n) is 5.26. The number of piperidine rings is 1. The van der Waals surface area contributed by atoms with Crippen LogP contribution >= 0.6 is 0 Å². The molecule has 1 N–H and O–H groups in total. The first-order valence-electron chi connectivity index (χ1n) is 6.82. The zero-order valence-electron chi connectivity index (χ0n) is 11.5. The third kappa shape index (κ3) is 2.53. The van der Waals surface area contributed by atoms with Crippen molar-refractivity contribution in [1.29, 1.82) is 0 Å². The molecule has 0 aliphatic carbocycles. The predicted molar refractivity (Wildman–Crippen MR) is 71.3 cm³/mol. The van der Waals surface area contributed by atoms with Gasteiger partial charge in [0.25, 0.3) is 0 Å². The maximum Gasteiger partial charge on any atom is 0.167 e. The molecule has 1 fully saturated rings. The summed E-state index contributed by atoms with van der Waals surface area (Å²) < 4.78 is 2.08. The minimum Gasteiger partial charge on any atom is -0.337 e. The van der Waals surface area contributed by atoms with E-state index in [-0.39, 0.29) is 0 Å². The van der Waals surface area contributed by atoms with Gasteiger partial charge in [-0.25, -0.2) is 9.97 Å². The highest BCUT2D eigenvalue weighted by molar-refractivity contribution is 5.02. The first-order valence-corrected chi connectivity index (χ1v) is 6.82. The van der Waals surface area contributed by atoms with Crippen LogP contribution in [0.5, 0.6) is 0 Å². The van der Waals surface area contributed by atoms with E-state index < -0.39 is 0 Å². The van der Waals surface area contributed by atoms with Crippen LogP contribution in [-0.2, 0) is 13.6 Å². The fraction of sp³-hybridized carbons (Fsp3) is 0.615. The molecule has 1 aliphatic heterocycles. The molecule has 1 unspecified atom stereocenters. The summed E-state index contributed by atoms with van der Waals surface area (Å²) in [4.78, 5) is 11.2. The molecule has 0 radical (unpaired) electrons. The molecule has 102 valence electrons. The van der Waals surface area contributed by atoms with E-state index in [0.717, 1.165) is 31.2 Å². The van der Waals surface area contributed by atoms with Crippen LogP contribution in [0, 0.1) is 6.92 Å². The molecular formula is C13H20N6. The van der Waals surface area contributed by atoms with Crippen molar-refractivity contribution >= 4 is 0 Å². The van der Waals surface area contributed by atoms with Crippen LogP contribution in [0.15, 0.2) is 12.5 Å². The van der Waals surface area contributed by atoms with Crippen molar-refractivity contribution in [3.8, 4) is 0 Å². The number of imidazole rings is 1. The molecule has 0 saturated carbocycles. The maximum atomic E-state index is 4.51. The summed E-state index contributed by atoms with van der Waals surface area (Å²) in [6.07, 6.45) is 7.42. The fourth-order valence-corrected chi connectivity index (χ4v) is 2.73. The van der Waals surface area contributed by atoms with E-state index in [9.17, 15) is 0 Å². The molecule has 6 heteroatoms. The van der Waals surface area contributed by atoms with Gasteiger partial charge in [-0.2, -0.15) is 5.10 Å². The second kappa shape index (κ2) is 5.13. The Labute approximate surface area is 112 Å². The van der Waals surface area contributed by atoms with E-state index in [1.807, 2.05) is 26.5 Å². The Kier molecular flexibility index (Phi) is 3.33. The number of rotatable bonds is 3. The number of aromatic nitrogens is 5. The average Bonchev–Trinajstić information content (AvgIpc) is 3.00. The SMILES string of the molecule is Cc1nc(C2CCCCN2Cc2cncn2C)n[nH]1. The van der Waals surface area contributed by atoms with Gasteiger partial charge in [0.15, 0.2) is 5.82 Å². The second-order valence-corrected chi connectivity index (χ2v) is 5.26. The van der Waals surface area contributed by atoms with E-state index in [1.54, 1.807) is 0 Å². The Morgan fingerprint density at radius 3 is 3.00 bits per heavy atom. The number of nitrogens with zero attached hydrogens (tertiary/aromatic N) is 5. The minimum absolute atomic E-state index is 0.327. The van der Waals surface area contributed by atoms with Gasteiger partial charge in [0.1, 0.15) is 5.82 Å². The predicted octanol–water partition coefficient (Wildman–Crippen LogP) is 1.57. The van der Waals surface area contributed by atoms with Crippen molar-refractivity contribution in [1.82, 2.24) is 29.6 Å². The molecule has 0 spiro atoms. The van der Waals surface area contributed by atoms with Gasteiger partial charge in [0, 0.05) is 19.8 Å². The summed E-state index contributed by atoms with van der Waals surface area (Å²) in [6.45, 7) is 3.96.